The molecule has 2 bridgehead atoms. The molecular formula is C12H15ClN2. The number of hydrogen-bond acceptors (Lipinski definition) is 2. The summed E-state index contributed by atoms with van der Waals surface area (Å²) in [6, 6.07) is 4.53. The predicted molar refractivity (Wildman–Crippen MR) is 62.1 cm³/mol. The maximum absolute atomic E-state index is 5.75. The van der Waals surface area contributed by atoms with Gasteiger partial charge in [0.05, 0.1) is 11.9 Å². The molecule has 15 heavy (non-hydrogen) atoms. The average molecular weight is 223 g/mol. The largest absolute Gasteiger partial charge is 0.381 e. The van der Waals surface area contributed by atoms with Crippen molar-refractivity contribution < 1.29 is 0 Å². The third-order valence-electron chi connectivity index (χ3n) is 3.82. The molecule has 2 fully saturated rings. The fourth-order valence-corrected chi connectivity index (χ4v) is 3.21. The van der Waals surface area contributed by atoms with Crippen LogP contribution in [-0.4, -0.2) is 11.0 Å². The summed E-state index contributed by atoms with van der Waals surface area (Å²) < 4.78 is 0. The molecule has 0 amide bonds. The van der Waals surface area contributed by atoms with Crippen LogP contribution < -0.4 is 5.32 Å². The molecule has 0 radical (unpaired) electrons. The van der Waals surface area contributed by atoms with Gasteiger partial charge in [-0.15, -0.1) is 0 Å². The Bertz CT molecular complexity index is 349. The van der Waals surface area contributed by atoms with Gasteiger partial charge in [-0.3, -0.25) is 0 Å². The molecule has 2 nitrogen and oxygen atoms in total. The molecule has 0 saturated heterocycles. The summed E-state index contributed by atoms with van der Waals surface area (Å²) in [5, 5.41) is 4.14. The second-order valence-electron chi connectivity index (χ2n) is 4.80. The molecule has 1 aromatic rings. The lowest BCUT2D eigenvalue weighted by Gasteiger charge is -2.23. The Kier molecular flexibility index (Phi) is 2.32. The van der Waals surface area contributed by atoms with Crippen LogP contribution in [0.5, 0.6) is 0 Å². The molecule has 1 N–H and O–H groups in total. The zero-order chi connectivity index (χ0) is 10.3. The van der Waals surface area contributed by atoms with Crippen LogP contribution in [0.2, 0.25) is 5.15 Å². The van der Waals surface area contributed by atoms with E-state index in [2.05, 4.69) is 10.3 Å². The van der Waals surface area contributed by atoms with Gasteiger partial charge in [-0.2, -0.15) is 0 Å². The van der Waals surface area contributed by atoms with Crippen LogP contribution >= 0.6 is 11.6 Å². The highest BCUT2D eigenvalue weighted by Crippen LogP contribution is 2.45. The van der Waals surface area contributed by atoms with E-state index in [1.807, 2.05) is 18.3 Å². The molecule has 1 aromatic heterocycles. The first-order valence-electron chi connectivity index (χ1n) is 5.69. The Morgan fingerprint density at radius 2 is 2.20 bits per heavy atom. The number of nitrogens with one attached hydrogen (secondary N) is 1. The third-order valence-corrected chi connectivity index (χ3v) is 4.04. The number of halogens is 1. The lowest BCUT2D eigenvalue weighted by Crippen LogP contribution is -2.25. The van der Waals surface area contributed by atoms with Gasteiger partial charge in [0.2, 0.25) is 0 Å². The summed E-state index contributed by atoms with van der Waals surface area (Å²) >= 11 is 5.75. The number of anilines is 1. The van der Waals surface area contributed by atoms with Crippen LogP contribution in [0.3, 0.4) is 0 Å². The Morgan fingerprint density at radius 1 is 1.27 bits per heavy atom. The van der Waals surface area contributed by atoms with Gasteiger partial charge in [-0.1, -0.05) is 18.0 Å². The molecule has 2 aliphatic rings. The fourth-order valence-electron chi connectivity index (χ4n) is 3.10. The number of hydrogen-bond donors (Lipinski definition) is 1. The van der Waals surface area contributed by atoms with Crippen LogP contribution in [0.4, 0.5) is 5.69 Å². The molecule has 2 saturated carbocycles. The maximum atomic E-state index is 5.75. The van der Waals surface area contributed by atoms with Crippen LogP contribution in [0.1, 0.15) is 25.7 Å². The van der Waals surface area contributed by atoms with Crippen LogP contribution in [-0.2, 0) is 0 Å². The number of fused-ring (bicyclic) bond motifs is 2. The Morgan fingerprint density at radius 3 is 2.80 bits per heavy atom. The minimum absolute atomic E-state index is 0.563. The summed E-state index contributed by atoms with van der Waals surface area (Å²) in [6.07, 6.45) is 7.45. The number of rotatable bonds is 2. The van der Waals surface area contributed by atoms with Gasteiger partial charge in [0.25, 0.3) is 0 Å². The summed E-state index contributed by atoms with van der Waals surface area (Å²) in [5.74, 6) is 1.87. The summed E-state index contributed by atoms with van der Waals surface area (Å²) in [6.45, 7) is 0. The van der Waals surface area contributed by atoms with Gasteiger partial charge in [-0.05, 0) is 43.2 Å². The van der Waals surface area contributed by atoms with Crippen LogP contribution in [0.15, 0.2) is 18.3 Å². The van der Waals surface area contributed by atoms with Crippen LogP contribution in [0, 0.1) is 11.8 Å². The minimum atomic E-state index is 0.563. The zero-order valence-electron chi connectivity index (χ0n) is 8.62. The standard InChI is InChI=1S/C12H15ClN2/c13-12-4-3-10(7-14-12)15-11-6-8-1-2-9(11)5-8/h3-4,7-9,11,15H,1-2,5-6H2/t8-,9-,11-/m0/s1. The van der Waals surface area contributed by atoms with E-state index >= 15 is 0 Å². The molecule has 3 atom stereocenters. The normalized spacial score (nSPS) is 33.3. The van der Waals surface area contributed by atoms with Gasteiger partial charge in [0, 0.05) is 6.04 Å². The SMILES string of the molecule is Clc1ccc(N[C@H]2C[C@H]3CC[C@H]2C3)cn1. The zero-order valence-corrected chi connectivity index (χ0v) is 9.37. The number of pyridine rings is 1. The van der Waals surface area contributed by atoms with E-state index in [1.165, 1.54) is 25.7 Å². The van der Waals surface area contributed by atoms with Gasteiger partial charge in [0.15, 0.2) is 0 Å². The maximum Gasteiger partial charge on any atom is 0.129 e. The van der Waals surface area contributed by atoms with E-state index in [4.69, 9.17) is 11.6 Å². The summed E-state index contributed by atoms with van der Waals surface area (Å²) in [4.78, 5) is 4.09. The van der Waals surface area contributed by atoms with Crippen molar-refractivity contribution >= 4 is 17.3 Å². The van der Waals surface area contributed by atoms with Crippen molar-refractivity contribution in [1.82, 2.24) is 4.98 Å². The summed E-state index contributed by atoms with van der Waals surface area (Å²) in [7, 11) is 0. The Labute approximate surface area is 95.0 Å². The fraction of sp³-hybridized carbons (Fsp3) is 0.583. The Hall–Kier alpha value is -0.760. The second-order valence-corrected chi connectivity index (χ2v) is 5.18. The van der Waals surface area contributed by atoms with E-state index in [9.17, 15) is 0 Å². The highest BCUT2D eigenvalue weighted by atomic mass is 35.5. The van der Waals surface area contributed by atoms with E-state index in [0.29, 0.717) is 11.2 Å². The molecule has 0 aromatic carbocycles. The lowest BCUT2D eigenvalue weighted by atomic mass is 9.95. The highest BCUT2D eigenvalue weighted by molar-refractivity contribution is 6.29. The molecule has 2 aliphatic carbocycles. The molecule has 1 heterocycles. The van der Waals surface area contributed by atoms with E-state index in [-0.39, 0.29) is 0 Å². The lowest BCUT2D eigenvalue weighted by molar-refractivity contribution is 0.439. The van der Waals surface area contributed by atoms with Crippen molar-refractivity contribution in [2.75, 3.05) is 5.32 Å². The van der Waals surface area contributed by atoms with Crippen molar-refractivity contribution in [2.45, 2.75) is 31.7 Å². The van der Waals surface area contributed by atoms with E-state index < -0.39 is 0 Å². The summed E-state index contributed by atoms with van der Waals surface area (Å²) in [5.41, 5.74) is 1.11. The van der Waals surface area contributed by atoms with Gasteiger partial charge in [0.1, 0.15) is 5.15 Å². The first-order valence-corrected chi connectivity index (χ1v) is 6.07. The molecular weight excluding hydrogens is 208 g/mol. The average Bonchev–Trinajstić information content (AvgIpc) is 2.83. The highest BCUT2D eigenvalue weighted by Gasteiger charge is 2.39. The van der Waals surface area contributed by atoms with Gasteiger partial charge < -0.3 is 5.32 Å². The van der Waals surface area contributed by atoms with E-state index in [1.54, 1.807) is 0 Å². The van der Waals surface area contributed by atoms with E-state index in [0.717, 1.165) is 17.5 Å². The number of nitrogens with zero attached hydrogens (tertiary/aromatic N) is 1. The molecule has 3 rings (SSSR count). The van der Waals surface area contributed by atoms with Gasteiger partial charge in [-0.25, -0.2) is 4.98 Å². The quantitative estimate of drug-likeness (QED) is 0.777. The topological polar surface area (TPSA) is 24.9 Å². The third kappa shape index (κ3) is 1.83. The minimum Gasteiger partial charge on any atom is -0.381 e. The Balaban J connectivity index is 1.68. The molecule has 0 aliphatic heterocycles. The second kappa shape index (κ2) is 3.67. The van der Waals surface area contributed by atoms with Crippen molar-refractivity contribution in [3.63, 3.8) is 0 Å². The first kappa shape index (κ1) is 9.46. The van der Waals surface area contributed by atoms with Gasteiger partial charge >= 0.3 is 0 Å². The molecule has 80 valence electrons. The number of aromatic nitrogens is 1. The molecule has 3 heteroatoms. The monoisotopic (exact) mass is 222 g/mol. The predicted octanol–water partition coefficient (Wildman–Crippen LogP) is 3.34. The first-order chi connectivity index (χ1) is 7.31. The van der Waals surface area contributed by atoms with Crippen molar-refractivity contribution in [1.29, 1.82) is 0 Å². The molecule has 0 spiro atoms. The van der Waals surface area contributed by atoms with Crippen molar-refractivity contribution in [2.24, 2.45) is 11.8 Å². The van der Waals surface area contributed by atoms with Crippen LogP contribution in [0.25, 0.3) is 0 Å². The molecule has 0 unspecified atom stereocenters. The van der Waals surface area contributed by atoms with Crippen molar-refractivity contribution in [3.05, 3.63) is 23.5 Å². The smallest absolute Gasteiger partial charge is 0.129 e. The van der Waals surface area contributed by atoms with Crippen molar-refractivity contribution in [3.8, 4) is 0 Å².